The summed E-state index contributed by atoms with van der Waals surface area (Å²) >= 11 is 5.65. The van der Waals surface area contributed by atoms with Crippen LogP contribution in [0, 0.1) is 5.92 Å². The Morgan fingerprint density at radius 3 is 2.50 bits per heavy atom. The summed E-state index contributed by atoms with van der Waals surface area (Å²) in [4.78, 5) is 0. The van der Waals surface area contributed by atoms with Gasteiger partial charge in [-0.25, -0.2) is 0 Å². The smallest absolute Gasteiger partial charge is 0.0852 e. The summed E-state index contributed by atoms with van der Waals surface area (Å²) < 4.78 is 0. The van der Waals surface area contributed by atoms with Crippen molar-refractivity contribution in [2.75, 3.05) is 5.88 Å². The molecule has 0 aliphatic heterocycles. The first-order valence-corrected chi connectivity index (χ1v) is 5.24. The van der Waals surface area contributed by atoms with Crippen molar-refractivity contribution in [1.29, 1.82) is 0 Å². The minimum Gasteiger partial charge on any atom is -0.388 e. The summed E-state index contributed by atoms with van der Waals surface area (Å²) in [5.74, 6) is 0.579. The Morgan fingerprint density at radius 2 is 2.00 bits per heavy atom. The van der Waals surface area contributed by atoms with E-state index in [2.05, 4.69) is 6.58 Å². The van der Waals surface area contributed by atoms with E-state index in [-0.39, 0.29) is 5.92 Å². The van der Waals surface area contributed by atoms with Crippen LogP contribution in [0.2, 0.25) is 0 Å². The number of alkyl halides is 1. The van der Waals surface area contributed by atoms with E-state index >= 15 is 0 Å². The van der Waals surface area contributed by atoms with Crippen molar-refractivity contribution < 1.29 is 5.11 Å². The van der Waals surface area contributed by atoms with E-state index in [1.165, 1.54) is 0 Å². The Morgan fingerprint density at radius 1 is 1.36 bits per heavy atom. The predicted octanol–water partition coefficient (Wildman–Crippen LogP) is 3.15. The van der Waals surface area contributed by atoms with Crippen LogP contribution in [-0.4, -0.2) is 11.0 Å². The number of aliphatic hydroxyl groups is 1. The van der Waals surface area contributed by atoms with Crippen molar-refractivity contribution in [3.8, 4) is 0 Å². The molecule has 0 fully saturated rings. The fraction of sp³-hybridized carbons (Fsp3) is 0.333. The lowest BCUT2D eigenvalue weighted by atomic mass is 9.94. The standard InChI is InChI=1S/C12H15ClO/c1-2-10(8-9-13)12(14)11-6-4-3-5-7-11/h2-7,10,12,14H,1,8-9H2/t10-,12+/m1/s1. The zero-order chi connectivity index (χ0) is 10.4. The maximum absolute atomic E-state index is 9.98. The number of rotatable bonds is 5. The molecule has 0 aliphatic rings. The molecule has 0 amide bonds. The minimum atomic E-state index is -0.493. The van der Waals surface area contributed by atoms with E-state index in [0.29, 0.717) is 5.88 Å². The molecule has 2 atom stereocenters. The van der Waals surface area contributed by atoms with Crippen molar-refractivity contribution in [3.05, 3.63) is 48.6 Å². The summed E-state index contributed by atoms with van der Waals surface area (Å²) in [7, 11) is 0. The molecule has 0 aliphatic carbocycles. The molecule has 0 unspecified atom stereocenters. The number of hydrogen-bond donors (Lipinski definition) is 1. The normalized spacial score (nSPS) is 14.7. The van der Waals surface area contributed by atoms with Crippen LogP contribution in [0.15, 0.2) is 43.0 Å². The third-order valence-electron chi connectivity index (χ3n) is 2.29. The fourth-order valence-electron chi connectivity index (χ4n) is 1.43. The Labute approximate surface area is 90.0 Å². The van der Waals surface area contributed by atoms with Gasteiger partial charge in [-0.3, -0.25) is 0 Å². The van der Waals surface area contributed by atoms with E-state index < -0.39 is 6.10 Å². The molecule has 2 heteroatoms. The van der Waals surface area contributed by atoms with Crippen LogP contribution in [0.5, 0.6) is 0 Å². The second-order valence-electron chi connectivity index (χ2n) is 3.23. The van der Waals surface area contributed by atoms with Gasteiger partial charge in [-0.15, -0.1) is 18.2 Å². The molecule has 76 valence electrons. The maximum Gasteiger partial charge on any atom is 0.0852 e. The van der Waals surface area contributed by atoms with E-state index in [1.54, 1.807) is 6.08 Å². The lowest BCUT2D eigenvalue weighted by molar-refractivity contribution is 0.130. The molecular weight excluding hydrogens is 196 g/mol. The Kier molecular flexibility index (Phi) is 4.71. The molecule has 1 nitrogen and oxygen atoms in total. The maximum atomic E-state index is 9.98. The van der Waals surface area contributed by atoms with Crippen LogP contribution in [0.3, 0.4) is 0 Å². The van der Waals surface area contributed by atoms with Crippen molar-refractivity contribution in [3.63, 3.8) is 0 Å². The van der Waals surface area contributed by atoms with Crippen LogP contribution in [-0.2, 0) is 0 Å². The molecule has 1 aromatic carbocycles. The number of halogens is 1. The molecule has 0 radical (unpaired) electrons. The van der Waals surface area contributed by atoms with Crippen molar-refractivity contribution in [2.45, 2.75) is 12.5 Å². The van der Waals surface area contributed by atoms with Gasteiger partial charge in [0.15, 0.2) is 0 Å². The van der Waals surface area contributed by atoms with Crippen LogP contribution < -0.4 is 0 Å². The molecule has 0 spiro atoms. The number of benzene rings is 1. The van der Waals surface area contributed by atoms with E-state index in [9.17, 15) is 5.11 Å². The van der Waals surface area contributed by atoms with Gasteiger partial charge < -0.3 is 5.11 Å². The third kappa shape index (κ3) is 2.86. The summed E-state index contributed by atoms with van der Waals surface area (Å²) in [6.07, 6.45) is 2.02. The lowest BCUT2D eigenvalue weighted by Gasteiger charge is -2.18. The van der Waals surface area contributed by atoms with Crippen molar-refractivity contribution in [2.24, 2.45) is 5.92 Å². The molecular formula is C12H15ClO. The van der Waals surface area contributed by atoms with E-state index in [0.717, 1.165) is 12.0 Å². The Hall–Kier alpha value is -0.790. The van der Waals surface area contributed by atoms with Crippen LogP contribution in [0.25, 0.3) is 0 Å². The van der Waals surface area contributed by atoms with Crippen LogP contribution in [0.4, 0.5) is 0 Å². The highest BCUT2D eigenvalue weighted by Gasteiger charge is 2.16. The molecule has 0 saturated heterocycles. The van der Waals surface area contributed by atoms with Crippen molar-refractivity contribution in [1.82, 2.24) is 0 Å². The molecule has 1 rings (SSSR count). The first-order valence-electron chi connectivity index (χ1n) is 4.71. The summed E-state index contributed by atoms with van der Waals surface area (Å²) in [5, 5.41) is 9.98. The highest BCUT2D eigenvalue weighted by atomic mass is 35.5. The summed E-state index contributed by atoms with van der Waals surface area (Å²) in [6, 6.07) is 9.59. The van der Waals surface area contributed by atoms with E-state index in [1.807, 2.05) is 30.3 Å². The van der Waals surface area contributed by atoms with Gasteiger partial charge in [-0.2, -0.15) is 0 Å². The summed E-state index contributed by atoms with van der Waals surface area (Å²) in [6.45, 7) is 3.71. The van der Waals surface area contributed by atoms with Crippen LogP contribution in [0.1, 0.15) is 18.1 Å². The van der Waals surface area contributed by atoms with Gasteiger partial charge in [0.05, 0.1) is 6.10 Å². The molecule has 0 aromatic heterocycles. The summed E-state index contributed by atoms with van der Waals surface area (Å²) in [5.41, 5.74) is 0.919. The molecule has 1 aromatic rings. The third-order valence-corrected chi connectivity index (χ3v) is 2.51. The monoisotopic (exact) mass is 210 g/mol. The number of aliphatic hydroxyl groups excluding tert-OH is 1. The zero-order valence-corrected chi connectivity index (χ0v) is 8.82. The quantitative estimate of drug-likeness (QED) is 0.585. The molecule has 14 heavy (non-hydrogen) atoms. The molecule has 1 N–H and O–H groups in total. The second-order valence-corrected chi connectivity index (χ2v) is 3.61. The second kappa shape index (κ2) is 5.84. The van der Waals surface area contributed by atoms with Gasteiger partial charge in [-0.1, -0.05) is 36.4 Å². The van der Waals surface area contributed by atoms with Crippen LogP contribution >= 0.6 is 11.6 Å². The minimum absolute atomic E-state index is 0.0369. The first kappa shape index (κ1) is 11.3. The highest BCUT2D eigenvalue weighted by Crippen LogP contribution is 2.25. The lowest BCUT2D eigenvalue weighted by Crippen LogP contribution is -2.10. The van der Waals surface area contributed by atoms with Gasteiger partial charge in [0.2, 0.25) is 0 Å². The average Bonchev–Trinajstić information content (AvgIpc) is 2.26. The Balaban J connectivity index is 2.72. The first-order chi connectivity index (χ1) is 6.79. The van der Waals surface area contributed by atoms with E-state index in [4.69, 9.17) is 11.6 Å². The Bertz CT molecular complexity index is 271. The van der Waals surface area contributed by atoms with Crippen molar-refractivity contribution >= 4 is 11.6 Å². The topological polar surface area (TPSA) is 20.2 Å². The van der Waals surface area contributed by atoms with Gasteiger partial charge in [-0.05, 0) is 12.0 Å². The fourth-order valence-corrected chi connectivity index (χ4v) is 1.68. The molecule has 0 bridgehead atoms. The zero-order valence-electron chi connectivity index (χ0n) is 8.07. The predicted molar refractivity (Wildman–Crippen MR) is 60.4 cm³/mol. The van der Waals surface area contributed by atoms with Gasteiger partial charge in [0.25, 0.3) is 0 Å². The number of hydrogen-bond acceptors (Lipinski definition) is 1. The largest absolute Gasteiger partial charge is 0.388 e. The SMILES string of the molecule is C=C[C@H](CCCl)[C@H](O)c1ccccc1. The van der Waals surface area contributed by atoms with Gasteiger partial charge in [0, 0.05) is 11.8 Å². The highest BCUT2D eigenvalue weighted by molar-refractivity contribution is 6.17. The average molecular weight is 211 g/mol. The van der Waals surface area contributed by atoms with Gasteiger partial charge >= 0.3 is 0 Å². The van der Waals surface area contributed by atoms with Gasteiger partial charge in [0.1, 0.15) is 0 Å². The molecule has 0 saturated carbocycles. The molecule has 0 heterocycles.